The molecule has 0 bridgehead atoms. The largest absolute Gasteiger partial charge is 0.481 e. The zero-order valence-electron chi connectivity index (χ0n) is 11.8. The van der Waals surface area contributed by atoms with Gasteiger partial charge in [-0.25, -0.2) is 0 Å². The summed E-state index contributed by atoms with van der Waals surface area (Å²) in [6.45, 7) is 1.86. The van der Waals surface area contributed by atoms with E-state index >= 15 is 0 Å². The molecule has 2 atom stereocenters. The summed E-state index contributed by atoms with van der Waals surface area (Å²) in [7, 11) is 0. The molecular weight excluding hydrogens is 256 g/mol. The van der Waals surface area contributed by atoms with E-state index in [-0.39, 0.29) is 12.3 Å². The second-order valence-electron chi connectivity index (χ2n) is 5.17. The average molecular weight is 278 g/mol. The topological polar surface area (TPSA) is 74.6 Å². The van der Waals surface area contributed by atoms with Gasteiger partial charge in [-0.2, -0.15) is 0 Å². The van der Waals surface area contributed by atoms with Gasteiger partial charge in [-0.15, -0.1) is 0 Å². The van der Waals surface area contributed by atoms with Gasteiger partial charge in [-0.1, -0.05) is 37.3 Å². The highest BCUT2D eigenvalue weighted by atomic mass is 16.4. The first-order chi connectivity index (χ1) is 9.52. The molecular formula is C16H22O4. The molecule has 0 fully saturated rings. The molecule has 0 saturated carbocycles. The fourth-order valence-corrected chi connectivity index (χ4v) is 2.42. The summed E-state index contributed by atoms with van der Waals surface area (Å²) in [5.41, 5.74) is 1.13. The number of hydrogen-bond donors (Lipinski definition) is 2. The van der Waals surface area contributed by atoms with E-state index in [0.717, 1.165) is 12.0 Å². The van der Waals surface area contributed by atoms with Gasteiger partial charge in [0.1, 0.15) is 0 Å². The molecule has 1 rings (SSSR count). The van der Waals surface area contributed by atoms with Crippen molar-refractivity contribution in [1.29, 1.82) is 0 Å². The van der Waals surface area contributed by atoms with Crippen molar-refractivity contribution in [2.24, 2.45) is 11.8 Å². The lowest BCUT2D eigenvalue weighted by Gasteiger charge is -2.20. The zero-order chi connectivity index (χ0) is 15.0. The maximum atomic E-state index is 11.1. The standard InChI is InChI=1S/C16H22O4/c1-2-14(16(19)20)11-13(8-9-15(17)18)10-12-6-4-3-5-7-12/h3-7,13-14H,2,8-11H2,1H3,(H,17,18)(H,19,20). The first-order valence-electron chi connectivity index (χ1n) is 7.01. The van der Waals surface area contributed by atoms with Gasteiger partial charge in [0.2, 0.25) is 0 Å². The summed E-state index contributed by atoms with van der Waals surface area (Å²) in [6.07, 6.45) is 2.46. The molecule has 0 saturated heterocycles. The molecule has 110 valence electrons. The van der Waals surface area contributed by atoms with E-state index in [4.69, 9.17) is 10.2 Å². The second-order valence-corrected chi connectivity index (χ2v) is 5.17. The van der Waals surface area contributed by atoms with Crippen LogP contribution in [0.25, 0.3) is 0 Å². The van der Waals surface area contributed by atoms with Crippen LogP contribution in [0.3, 0.4) is 0 Å². The highest BCUT2D eigenvalue weighted by Crippen LogP contribution is 2.24. The monoisotopic (exact) mass is 278 g/mol. The maximum Gasteiger partial charge on any atom is 0.306 e. The van der Waals surface area contributed by atoms with Crippen LogP contribution in [-0.2, 0) is 16.0 Å². The molecule has 20 heavy (non-hydrogen) atoms. The fraction of sp³-hybridized carbons (Fsp3) is 0.500. The number of carboxylic acid groups (broad SMARTS) is 2. The Bertz CT molecular complexity index is 427. The van der Waals surface area contributed by atoms with Crippen LogP contribution in [0, 0.1) is 11.8 Å². The predicted octanol–water partition coefficient (Wildman–Crippen LogP) is 3.21. The predicted molar refractivity (Wildman–Crippen MR) is 76.5 cm³/mol. The van der Waals surface area contributed by atoms with E-state index < -0.39 is 17.9 Å². The Kier molecular flexibility index (Phi) is 6.77. The summed E-state index contributed by atoms with van der Waals surface area (Å²) in [5.74, 6) is -1.92. The van der Waals surface area contributed by atoms with Gasteiger partial charge in [0.15, 0.2) is 0 Å². The molecule has 4 nitrogen and oxygen atoms in total. The van der Waals surface area contributed by atoms with Crippen molar-refractivity contribution in [3.63, 3.8) is 0 Å². The average Bonchev–Trinajstić information content (AvgIpc) is 2.42. The molecule has 0 radical (unpaired) electrons. The smallest absolute Gasteiger partial charge is 0.306 e. The molecule has 2 N–H and O–H groups in total. The Labute approximate surface area is 119 Å². The SMILES string of the molecule is CCC(CC(CCC(=O)O)Cc1ccccc1)C(=O)O. The molecule has 0 aliphatic rings. The van der Waals surface area contributed by atoms with Crippen molar-refractivity contribution in [2.75, 3.05) is 0 Å². The molecule has 1 aromatic carbocycles. The highest BCUT2D eigenvalue weighted by Gasteiger charge is 2.21. The van der Waals surface area contributed by atoms with E-state index in [1.54, 1.807) is 0 Å². The van der Waals surface area contributed by atoms with Crippen LogP contribution in [0.1, 0.15) is 38.2 Å². The van der Waals surface area contributed by atoms with Crippen LogP contribution in [0.4, 0.5) is 0 Å². The van der Waals surface area contributed by atoms with E-state index in [9.17, 15) is 9.59 Å². The highest BCUT2D eigenvalue weighted by molar-refractivity contribution is 5.70. The minimum absolute atomic E-state index is 0.0908. The summed E-state index contributed by atoms with van der Waals surface area (Å²) >= 11 is 0. The van der Waals surface area contributed by atoms with E-state index in [0.29, 0.717) is 19.3 Å². The summed E-state index contributed by atoms with van der Waals surface area (Å²) < 4.78 is 0. The van der Waals surface area contributed by atoms with Gasteiger partial charge in [0.05, 0.1) is 5.92 Å². The normalized spacial score (nSPS) is 13.7. The van der Waals surface area contributed by atoms with Gasteiger partial charge in [0.25, 0.3) is 0 Å². The van der Waals surface area contributed by atoms with Crippen molar-refractivity contribution in [3.05, 3.63) is 35.9 Å². The van der Waals surface area contributed by atoms with Crippen LogP contribution in [0.5, 0.6) is 0 Å². The van der Waals surface area contributed by atoms with Crippen molar-refractivity contribution in [3.8, 4) is 0 Å². The quantitative estimate of drug-likeness (QED) is 0.727. The van der Waals surface area contributed by atoms with Gasteiger partial charge in [0, 0.05) is 6.42 Å². The molecule has 0 amide bonds. The Morgan fingerprint density at radius 2 is 1.80 bits per heavy atom. The number of rotatable bonds is 9. The van der Waals surface area contributed by atoms with E-state index in [1.807, 2.05) is 37.3 Å². The summed E-state index contributed by atoms with van der Waals surface area (Å²) in [5, 5.41) is 18.0. The van der Waals surface area contributed by atoms with E-state index in [2.05, 4.69) is 0 Å². The van der Waals surface area contributed by atoms with Crippen molar-refractivity contribution >= 4 is 11.9 Å². The third-order valence-electron chi connectivity index (χ3n) is 3.59. The van der Waals surface area contributed by atoms with Gasteiger partial charge in [-0.05, 0) is 37.2 Å². The first kappa shape index (κ1) is 16.2. The Morgan fingerprint density at radius 1 is 1.15 bits per heavy atom. The molecule has 1 aromatic rings. The third kappa shape index (κ3) is 5.87. The molecule has 0 spiro atoms. The lowest BCUT2D eigenvalue weighted by Crippen LogP contribution is -2.19. The molecule has 2 unspecified atom stereocenters. The summed E-state index contributed by atoms with van der Waals surface area (Å²) in [6, 6.07) is 9.81. The summed E-state index contributed by atoms with van der Waals surface area (Å²) in [4.78, 5) is 21.9. The second kappa shape index (κ2) is 8.35. The zero-order valence-corrected chi connectivity index (χ0v) is 11.8. The number of carbonyl (C=O) groups is 2. The molecule has 0 aromatic heterocycles. The minimum atomic E-state index is -0.827. The lowest BCUT2D eigenvalue weighted by molar-refractivity contribution is -0.142. The van der Waals surface area contributed by atoms with Crippen LogP contribution in [0.15, 0.2) is 30.3 Å². The number of carboxylic acids is 2. The van der Waals surface area contributed by atoms with Crippen LogP contribution in [0.2, 0.25) is 0 Å². The fourth-order valence-electron chi connectivity index (χ4n) is 2.42. The minimum Gasteiger partial charge on any atom is -0.481 e. The molecule has 4 heteroatoms. The lowest BCUT2D eigenvalue weighted by atomic mass is 9.85. The number of benzene rings is 1. The van der Waals surface area contributed by atoms with Crippen LogP contribution in [-0.4, -0.2) is 22.2 Å². The van der Waals surface area contributed by atoms with Crippen LogP contribution < -0.4 is 0 Å². The maximum absolute atomic E-state index is 11.1. The van der Waals surface area contributed by atoms with Crippen LogP contribution >= 0.6 is 0 Å². The molecule has 0 heterocycles. The first-order valence-corrected chi connectivity index (χ1v) is 7.01. The Morgan fingerprint density at radius 3 is 2.30 bits per heavy atom. The van der Waals surface area contributed by atoms with Gasteiger partial charge in [-0.3, -0.25) is 9.59 Å². The number of aliphatic carboxylic acids is 2. The van der Waals surface area contributed by atoms with Gasteiger partial charge < -0.3 is 10.2 Å². The molecule has 0 aliphatic carbocycles. The molecule has 0 aliphatic heterocycles. The van der Waals surface area contributed by atoms with E-state index in [1.165, 1.54) is 0 Å². The van der Waals surface area contributed by atoms with Crippen molar-refractivity contribution in [1.82, 2.24) is 0 Å². The van der Waals surface area contributed by atoms with Gasteiger partial charge >= 0.3 is 11.9 Å². The Balaban J connectivity index is 2.68. The van der Waals surface area contributed by atoms with Crippen molar-refractivity contribution in [2.45, 2.75) is 39.0 Å². The Hall–Kier alpha value is -1.84. The van der Waals surface area contributed by atoms with Crippen molar-refractivity contribution < 1.29 is 19.8 Å². The third-order valence-corrected chi connectivity index (χ3v) is 3.59. The number of hydrogen-bond acceptors (Lipinski definition) is 2.